The number of ether oxygens (including phenoxy) is 1. The van der Waals surface area contributed by atoms with Crippen LogP contribution < -0.4 is 10.1 Å². The van der Waals surface area contributed by atoms with Crippen LogP contribution in [0.15, 0.2) is 24.3 Å². The predicted octanol–water partition coefficient (Wildman–Crippen LogP) is 0.466. The van der Waals surface area contributed by atoms with Gasteiger partial charge >= 0.3 is 0 Å². The van der Waals surface area contributed by atoms with Crippen molar-refractivity contribution in [3.8, 4) is 11.8 Å². The average Bonchev–Trinajstić information content (AvgIpc) is 2.35. The molecule has 4 nitrogen and oxygen atoms in total. The zero-order chi connectivity index (χ0) is 11.9. The molecule has 3 rings (SSSR count). The summed E-state index contributed by atoms with van der Waals surface area (Å²) >= 11 is 0. The first-order valence-corrected chi connectivity index (χ1v) is 5.74. The molecule has 0 saturated carbocycles. The van der Waals surface area contributed by atoms with Gasteiger partial charge in [-0.25, -0.2) is 0 Å². The van der Waals surface area contributed by atoms with Gasteiger partial charge in [0.15, 0.2) is 0 Å². The molecule has 0 radical (unpaired) electrons. The van der Waals surface area contributed by atoms with E-state index in [1.54, 1.807) is 0 Å². The molecule has 0 aromatic heterocycles. The van der Waals surface area contributed by atoms with E-state index >= 15 is 0 Å². The third kappa shape index (κ3) is 1.36. The van der Waals surface area contributed by atoms with Crippen LogP contribution in [0.4, 0.5) is 0 Å². The molecule has 1 fully saturated rings. The molecule has 4 heteroatoms. The van der Waals surface area contributed by atoms with Crippen LogP contribution in [0.1, 0.15) is 5.56 Å². The fourth-order valence-corrected chi connectivity index (χ4v) is 2.54. The monoisotopic (exact) mass is 230 g/mol. The second-order valence-electron chi connectivity index (χ2n) is 4.90. The van der Waals surface area contributed by atoms with E-state index in [4.69, 9.17) is 4.74 Å². The normalized spacial score (nSPS) is 29.4. The Balaban J connectivity index is 1.98. The molecule has 1 unspecified atom stereocenters. The lowest BCUT2D eigenvalue weighted by Gasteiger charge is -2.50. The maximum Gasteiger partial charge on any atom is 0.126 e. The number of hydrogen-bond donors (Lipinski definition) is 2. The molecule has 0 bridgehead atoms. The Kier molecular flexibility index (Phi) is 2.15. The Morgan fingerprint density at radius 1 is 1.35 bits per heavy atom. The van der Waals surface area contributed by atoms with Gasteiger partial charge in [-0.2, -0.15) is 5.26 Å². The van der Waals surface area contributed by atoms with E-state index in [0.29, 0.717) is 19.5 Å². The second-order valence-corrected chi connectivity index (χ2v) is 4.90. The van der Waals surface area contributed by atoms with Gasteiger partial charge < -0.3 is 15.2 Å². The highest BCUT2D eigenvalue weighted by Gasteiger charge is 2.56. The number of fused-ring (bicyclic) bond motifs is 1. The van der Waals surface area contributed by atoms with Gasteiger partial charge in [0, 0.05) is 19.5 Å². The third-order valence-corrected chi connectivity index (χ3v) is 3.88. The number of aliphatic hydroxyl groups is 1. The number of β-amino-alcohol motifs (C(OH)–C–C–N with tert-alkyl or cyclic N) is 1. The van der Waals surface area contributed by atoms with Crippen LogP contribution >= 0.6 is 0 Å². The van der Waals surface area contributed by atoms with E-state index in [-0.39, 0.29) is 6.61 Å². The quantitative estimate of drug-likeness (QED) is 0.736. The number of benzene rings is 1. The molecule has 2 aliphatic heterocycles. The van der Waals surface area contributed by atoms with Gasteiger partial charge in [-0.05, 0) is 11.6 Å². The number of nitrogens with one attached hydrogen (secondary N) is 1. The van der Waals surface area contributed by atoms with Crippen molar-refractivity contribution in [2.45, 2.75) is 12.0 Å². The molecule has 88 valence electrons. The Morgan fingerprint density at radius 3 is 2.76 bits per heavy atom. The smallest absolute Gasteiger partial charge is 0.126 e. The predicted molar refractivity (Wildman–Crippen MR) is 61.5 cm³/mol. The van der Waals surface area contributed by atoms with E-state index < -0.39 is 11.0 Å². The van der Waals surface area contributed by atoms with Crippen LogP contribution in [-0.2, 0) is 6.42 Å². The van der Waals surface area contributed by atoms with E-state index in [0.717, 1.165) is 11.3 Å². The topological polar surface area (TPSA) is 65.3 Å². The summed E-state index contributed by atoms with van der Waals surface area (Å²) in [6, 6.07) is 9.99. The number of hydrogen-bond acceptors (Lipinski definition) is 4. The molecular formula is C13H14N2O2. The summed E-state index contributed by atoms with van der Waals surface area (Å²) in [6.45, 7) is 1.19. The van der Waals surface area contributed by atoms with Gasteiger partial charge in [-0.3, -0.25) is 0 Å². The highest BCUT2D eigenvalue weighted by molar-refractivity contribution is 5.39. The molecule has 0 aliphatic carbocycles. The molecule has 1 aromatic rings. The zero-order valence-electron chi connectivity index (χ0n) is 9.44. The molecule has 1 saturated heterocycles. The summed E-state index contributed by atoms with van der Waals surface area (Å²) < 4.78 is 5.64. The standard InChI is InChI=1S/C13H14N2O2/c14-6-12(13(16)7-15-8-13)5-10-3-1-2-4-11(10)17-9-12/h1-4,15-16H,5,7-9H2. The number of para-hydroxylation sites is 1. The molecule has 0 amide bonds. The minimum absolute atomic E-state index is 0.263. The van der Waals surface area contributed by atoms with Crippen LogP contribution in [0.5, 0.6) is 5.75 Å². The first-order valence-electron chi connectivity index (χ1n) is 5.74. The van der Waals surface area contributed by atoms with Gasteiger partial charge in [0.2, 0.25) is 0 Å². The van der Waals surface area contributed by atoms with E-state index in [1.807, 2.05) is 24.3 Å². The number of nitriles is 1. The minimum atomic E-state index is -0.963. The summed E-state index contributed by atoms with van der Waals surface area (Å²) in [7, 11) is 0. The highest BCUT2D eigenvalue weighted by atomic mass is 16.5. The van der Waals surface area contributed by atoms with Crippen molar-refractivity contribution in [3.05, 3.63) is 29.8 Å². The lowest BCUT2D eigenvalue weighted by Crippen LogP contribution is -2.70. The average molecular weight is 230 g/mol. The van der Waals surface area contributed by atoms with Crippen molar-refractivity contribution in [2.75, 3.05) is 19.7 Å². The largest absolute Gasteiger partial charge is 0.492 e. The van der Waals surface area contributed by atoms with Gasteiger partial charge in [0.25, 0.3) is 0 Å². The zero-order valence-corrected chi connectivity index (χ0v) is 9.44. The Morgan fingerprint density at radius 2 is 2.12 bits per heavy atom. The summed E-state index contributed by atoms with van der Waals surface area (Å²) in [5, 5.41) is 22.9. The fourth-order valence-electron chi connectivity index (χ4n) is 2.54. The second kappa shape index (κ2) is 3.46. The number of rotatable bonds is 1. The minimum Gasteiger partial charge on any atom is -0.492 e. The lowest BCUT2D eigenvalue weighted by atomic mass is 9.65. The van der Waals surface area contributed by atoms with Crippen molar-refractivity contribution in [3.63, 3.8) is 0 Å². The lowest BCUT2D eigenvalue weighted by molar-refractivity contribution is -0.113. The van der Waals surface area contributed by atoms with Gasteiger partial charge in [-0.1, -0.05) is 18.2 Å². The summed E-state index contributed by atoms with van der Waals surface area (Å²) in [6.07, 6.45) is 0.553. The van der Waals surface area contributed by atoms with Crippen molar-refractivity contribution in [1.82, 2.24) is 5.32 Å². The van der Waals surface area contributed by atoms with Gasteiger partial charge in [0.05, 0.1) is 6.07 Å². The molecule has 2 heterocycles. The van der Waals surface area contributed by atoms with Crippen molar-refractivity contribution >= 4 is 0 Å². The summed E-state index contributed by atoms with van der Waals surface area (Å²) in [5.74, 6) is 0.828. The highest BCUT2D eigenvalue weighted by Crippen LogP contribution is 2.43. The van der Waals surface area contributed by atoms with Crippen LogP contribution in [0.3, 0.4) is 0 Å². The molecule has 1 atom stereocenters. The van der Waals surface area contributed by atoms with Crippen molar-refractivity contribution in [2.24, 2.45) is 5.41 Å². The molecule has 2 aliphatic rings. The molecule has 17 heavy (non-hydrogen) atoms. The Labute approximate surface area is 99.8 Å². The first kappa shape index (κ1) is 10.6. The van der Waals surface area contributed by atoms with Crippen molar-refractivity contribution < 1.29 is 9.84 Å². The summed E-state index contributed by atoms with van der Waals surface area (Å²) in [4.78, 5) is 0. The van der Waals surface area contributed by atoms with Crippen LogP contribution in [0, 0.1) is 16.7 Å². The van der Waals surface area contributed by atoms with Crippen LogP contribution in [-0.4, -0.2) is 30.4 Å². The van der Waals surface area contributed by atoms with Crippen LogP contribution in [0.25, 0.3) is 0 Å². The third-order valence-electron chi connectivity index (χ3n) is 3.88. The first-order chi connectivity index (χ1) is 8.19. The van der Waals surface area contributed by atoms with E-state index in [9.17, 15) is 10.4 Å². The maximum atomic E-state index is 10.4. The Bertz CT molecular complexity index is 490. The molecule has 2 N–H and O–H groups in total. The summed E-state index contributed by atoms with van der Waals surface area (Å²) in [5.41, 5.74) is -0.789. The van der Waals surface area contributed by atoms with Gasteiger partial charge in [0.1, 0.15) is 23.4 Å². The van der Waals surface area contributed by atoms with Gasteiger partial charge in [-0.15, -0.1) is 0 Å². The van der Waals surface area contributed by atoms with Crippen LogP contribution in [0.2, 0.25) is 0 Å². The Hall–Kier alpha value is -1.57. The number of nitrogens with zero attached hydrogens (tertiary/aromatic N) is 1. The molecular weight excluding hydrogens is 216 g/mol. The van der Waals surface area contributed by atoms with Crippen molar-refractivity contribution in [1.29, 1.82) is 5.26 Å². The molecule has 1 aromatic carbocycles. The van der Waals surface area contributed by atoms with E-state index in [1.165, 1.54) is 0 Å². The maximum absolute atomic E-state index is 10.4. The SMILES string of the molecule is N#CC1(C2(O)CNC2)COc2ccccc2C1. The molecule has 0 spiro atoms. The van der Waals surface area contributed by atoms with E-state index in [2.05, 4.69) is 11.4 Å². The fraction of sp³-hybridized carbons (Fsp3) is 0.462.